The number of halogens is 1. The first-order valence-corrected chi connectivity index (χ1v) is 7.57. The molecule has 0 N–H and O–H groups in total. The number of hydrogen-bond acceptors (Lipinski definition) is 3. The molecule has 0 atom stereocenters. The van der Waals surface area contributed by atoms with Crippen LogP contribution in [0.15, 0.2) is 29.1 Å². The molecule has 0 saturated heterocycles. The quantitative estimate of drug-likeness (QED) is 0.797. The molecule has 0 aliphatic rings. The van der Waals surface area contributed by atoms with Crippen LogP contribution in [0.4, 0.5) is 0 Å². The lowest BCUT2D eigenvalue weighted by molar-refractivity contribution is 0.207. The van der Waals surface area contributed by atoms with Crippen LogP contribution in [-0.4, -0.2) is 35.1 Å². The summed E-state index contributed by atoms with van der Waals surface area (Å²) in [5.74, 6) is 0.866. The monoisotopic (exact) mass is 307 g/mol. The van der Waals surface area contributed by atoms with Crippen LogP contribution in [0.2, 0.25) is 0 Å². The van der Waals surface area contributed by atoms with Crippen molar-refractivity contribution in [2.45, 2.75) is 26.3 Å². The molecule has 1 aromatic carbocycles. The normalized spacial score (nSPS) is 12.3. The van der Waals surface area contributed by atoms with Crippen molar-refractivity contribution in [2.24, 2.45) is 5.41 Å². The Morgan fingerprint density at radius 1 is 1.29 bits per heavy atom. The summed E-state index contributed by atoms with van der Waals surface area (Å²) in [6, 6.07) is 7.41. The molecule has 0 unspecified atom stereocenters. The maximum Gasteiger partial charge on any atom is 0.261 e. The Hall–Kier alpha value is -1.39. The van der Waals surface area contributed by atoms with Crippen molar-refractivity contribution in [3.05, 3.63) is 40.4 Å². The van der Waals surface area contributed by atoms with E-state index in [-0.39, 0.29) is 16.9 Å². The zero-order chi connectivity index (χ0) is 15.6. The van der Waals surface area contributed by atoms with Gasteiger partial charge in [-0.05, 0) is 31.6 Å². The Kier molecular flexibility index (Phi) is 4.69. The van der Waals surface area contributed by atoms with Crippen LogP contribution >= 0.6 is 11.6 Å². The SMILES string of the molecule is CN(C)CC(C)(C)Cn1c(CCl)nc2ccccc2c1=O. The number of rotatable bonds is 5. The van der Waals surface area contributed by atoms with Crippen molar-refractivity contribution in [3.8, 4) is 0 Å². The van der Waals surface area contributed by atoms with Gasteiger partial charge in [-0.3, -0.25) is 9.36 Å². The molecule has 1 heterocycles. The maximum atomic E-state index is 12.7. The Morgan fingerprint density at radius 3 is 2.57 bits per heavy atom. The van der Waals surface area contributed by atoms with E-state index in [4.69, 9.17) is 11.6 Å². The minimum atomic E-state index is -0.0434. The molecular formula is C16H22ClN3O. The van der Waals surface area contributed by atoms with Crippen LogP contribution in [0.25, 0.3) is 10.9 Å². The van der Waals surface area contributed by atoms with Crippen molar-refractivity contribution in [3.63, 3.8) is 0 Å². The van der Waals surface area contributed by atoms with E-state index in [0.29, 0.717) is 23.3 Å². The predicted octanol–water partition coefficient (Wildman–Crippen LogP) is 2.72. The second-order valence-electron chi connectivity index (χ2n) is 6.47. The number of hydrogen-bond donors (Lipinski definition) is 0. The van der Waals surface area contributed by atoms with Crippen LogP contribution in [0.3, 0.4) is 0 Å². The molecule has 0 radical (unpaired) electrons. The zero-order valence-corrected chi connectivity index (χ0v) is 13.8. The van der Waals surface area contributed by atoms with Gasteiger partial charge in [0, 0.05) is 13.1 Å². The van der Waals surface area contributed by atoms with Gasteiger partial charge in [-0.15, -0.1) is 11.6 Å². The molecule has 1 aromatic heterocycles. The van der Waals surface area contributed by atoms with Gasteiger partial charge in [0.05, 0.1) is 16.8 Å². The van der Waals surface area contributed by atoms with Crippen LogP contribution < -0.4 is 5.56 Å². The molecule has 21 heavy (non-hydrogen) atoms. The molecule has 0 bridgehead atoms. The van der Waals surface area contributed by atoms with Crippen molar-refractivity contribution in [2.75, 3.05) is 20.6 Å². The van der Waals surface area contributed by atoms with Crippen molar-refractivity contribution >= 4 is 22.5 Å². The predicted molar refractivity (Wildman–Crippen MR) is 87.9 cm³/mol. The third kappa shape index (κ3) is 3.63. The third-order valence-electron chi connectivity index (χ3n) is 3.39. The molecule has 114 valence electrons. The lowest BCUT2D eigenvalue weighted by Crippen LogP contribution is -2.37. The summed E-state index contributed by atoms with van der Waals surface area (Å²) < 4.78 is 1.72. The second kappa shape index (κ2) is 6.16. The van der Waals surface area contributed by atoms with Crippen molar-refractivity contribution in [1.29, 1.82) is 0 Å². The largest absolute Gasteiger partial charge is 0.309 e. The molecular weight excluding hydrogens is 286 g/mol. The molecule has 0 amide bonds. The highest BCUT2D eigenvalue weighted by Gasteiger charge is 2.22. The summed E-state index contributed by atoms with van der Waals surface area (Å²) in [7, 11) is 4.07. The summed E-state index contributed by atoms with van der Waals surface area (Å²) in [5, 5.41) is 0.645. The molecule has 0 aliphatic carbocycles. The van der Waals surface area contributed by atoms with Gasteiger partial charge in [-0.2, -0.15) is 0 Å². The molecule has 0 fully saturated rings. The summed E-state index contributed by atoms with van der Waals surface area (Å²) >= 11 is 6.01. The molecule has 0 aliphatic heterocycles. The maximum absolute atomic E-state index is 12.7. The van der Waals surface area contributed by atoms with Gasteiger partial charge < -0.3 is 4.90 Å². The lowest BCUT2D eigenvalue weighted by atomic mass is 9.92. The summed E-state index contributed by atoms with van der Waals surface area (Å²) in [6.07, 6.45) is 0. The molecule has 4 nitrogen and oxygen atoms in total. The highest BCUT2D eigenvalue weighted by Crippen LogP contribution is 2.20. The fourth-order valence-electron chi connectivity index (χ4n) is 2.81. The van der Waals surface area contributed by atoms with Gasteiger partial charge in [0.25, 0.3) is 5.56 Å². The summed E-state index contributed by atoms with van der Waals surface area (Å²) in [5.41, 5.74) is 0.654. The fraction of sp³-hybridized carbons (Fsp3) is 0.500. The minimum absolute atomic E-state index is 0.0110. The first kappa shape index (κ1) is 16.0. The zero-order valence-electron chi connectivity index (χ0n) is 13.1. The lowest BCUT2D eigenvalue weighted by Gasteiger charge is -2.29. The summed E-state index contributed by atoms with van der Waals surface area (Å²) in [6.45, 7) is 5.77. The highest BCUT2D eigenvalue weighted by atomic mass is 35.5. The summed E-state index contributed by atoms with van der Waals surface area (Å²) in [4.78, 5) is 19.4. The average molecular weight is 308 g/mol. The van der Waals surface area contributed by atoms with Gasteiger partial charge in [0.1, 0.15) is 5.82 Å². The number of alkyl halides is 1. The Labute approximate surface area is 130 Å². The second-order valence-corrected chi connectivity index (χ2v) is 6.74. The molecule has 2 aromatic rings. The van der Waals surface area contributed by atoms with Crippen LogP contribution in [0.5, 0.6) is 0 Å². The van der Waals surface area contributed by atoms with Gasteiger partial charge in [-0.1, -0.05) is 26.0 Å². The van der Waals surface area contributed by atoms with E-state index >= 15 is 0 Å². The minimum Gasteiger partial charge on any atom is -0.309 e. The molecule has 0 saturated carbocycles. The van der Waals surface area contributed by atoms with Crippen LogP contribution in [-0.2, 0) is 12.4 Å². The Morgan fingerprint density at radius 2 is 1.95 bits per heavy atom. The Balaban J connectivity index is 2.52. The topological polar surface area (TPSA) is 38.1 Å². The van der Waals surface area contributed by atoms with E-state index in [1.165, 1.54) is 0 Å². The number of benzene rings is 1. The van der Waals surface area contributed by atoms with Gasteiger partial charge in [0.2, 0.25) is 0 Å². The molecule has 2 rings (SSSR count). The number of fused-ring (bicyclic) bond motifs is 1. The van der Waals surface area contributed by atoms with E-state index in [0.717, 1.165) is 6.54 Å². The van der Waals surface area contributed by atoms with Crippen molar-refractivity contribution < 1.29 is 0 Å². The van der Waals surface area contributed by atoms with E-state index in [2.05, 4.69) is 23.7 Å². The van der Waals surface area contributed by atoms with E-state index in [1.807, 2.05) is 38.4 Å². The van der Waals surface area contributed by atoms with Crippen LogP contribution in [0, 0.1) is 5.41 Å². The Bertz CT molecular complexity index is 691. The smallest absolute Gasteiger partial charge is 0.261 e. The van der Waals surface area contributed by atoms with E-state index < -0.39 is 0 Å². The van der Waals surface area contributed by atoms with Gasteiger partial charge >= 0.3 is 0 Å². The van der Waals surface area contributed by atoms with E-state index in [9.17, 15) is 4.79 Å². The average Bonchev–Trinajstić information content (AvgIpc) is 2.40. The van der Waals surface area contributed by atoms with Gasteiger partial charge in [0.15, 0.2) is 0 Å². The fourth-order valence-corrected chi connectivity index (χ4v) is 3.02. The standard InChI is InChI=1S/C16H22ClN3O/c1-16(2,10-19(3)4)11-20-14(9-17)18-13-8-6-5-7-12(13)15(20)21/h5-8H,9-11H2,1-4H3. The van der Waals surface area contributed by atoms with E-state index in [1.54, 1.807) is 4.57 Å². The van der Waals surface area contributed by atoms with Crippen LogP contribution in [0.1, 0.15) is 19.7 Å². The number of para-hydroxylation sites is 1. The number of nitrogens with zero attached hydrogens (tertiary/aromatic N) is 3. The highest BCUT2D eigenvalue weighted by molar-refractivity contribution is 6.16. The number of aromatic nitrogens is 2. The molecule has 5 heteroatoms. The first-order chi connectivity index (χ1) is 9.84. The van der Waals surface area contributed by atoms with Gasteiger partial charge in [-0.25, -0.2) is 4.98 Å². The first-order valence-electron chi connectivity index (χ1n) is 7.03. The van der Waals surface area contributed by atoms with Crippen molar-refractivity contribution in [1.82, 2.24) is 14.5 Å². The third-order valence-corrected chi connectivity index (χ3v) is 3.63. The molecule has 0 spiro atoms.